The number of likely N-dealkylation sites (N-methyl/N-ethyl adjacent to an activating group) is 1. The van der Waals surface area contributed by atoms with Crippen LogP contribution >= 0.6 is 0 Å². The molecule has 4 aromatic rings. The Kier molecular flexibility index (Phi) is 5.62. The van der Waals surface area contributed by atoms with Crippen molar-refractivity contribution >= 4 is 27.6 Å². The van der Waals surface area contributed by atoms with Crippen LogP contribution in [0.15, 0.2) is 69.9 Å². The first kappa shape index (κ1) is 22.2. The van der Waals surface area contributed by atoms with E-state index in [9.17, 15) is 9.59 Å². The average molecular weight is 457 g/mol. The zero-order chi connectivity index (χ0) is 24.0. The average Bonchev–Trinajstić information content (AvgIpc) is 3.09. The molecule has 1 aliphatic heterocycles. The number of ether oxygens (including phenoxy) is 1. The van der Waals surface area contributed by atoms with E-state index in [4.69, 9.17) is 9.15 Å². The van der Waals surface area contributed by atoms with Crippen LogP contribution in [0.4, 0.5) is 0 Å². The fourth-order valence-corrected chi connectivity index (χ4v) is 4.66. The van der Waals surface area contributed by atoms with Crippen molar-refractivity contribution in [1.29, 1.82) is 0 Å². The Morgan fingerprint density at radius 3 is 2.56 bits per heavy atom. The van der Waals surface area contributed by atoms with E-state index in [0.29, 0.717) is 35.4 Å². The van der Waals surface area contributed by atoms with Crippen LogP contribution in [0.1, 0.15) is 41.6 Å². The lowest BCUT2D eigenvalue weighted by Crippen LogP contribution is -2.35. The van der Waals surface area contributed by atoms with Crippen LogP contribution in [0, 0.1) is 0 Å². The Bertz CT molecular complexity index is 1450. The van der Waals surface area contributed by atoms with Gasteiger partial charge in [-0.2, -0.15) is 0 Å². The minimum atomic E-state index is -0.537. The molecule has 1 atom stereocenters. The SMILES string of the molecule is CC(C)Oc1cccc(C2c3c(oc4c(ccc5ccccc54)c3=O)C(=O)N2CCN(C)C)c1. The van der Waals surface area contributed by atoms with Crippen molar-refractivity contribution in [3.05, 3.63) is 87.8 Å². The topological polar surface area (TPSA) is 63.0 Å². The van der Waals surface area contributed by atoms with Gasteiger partial charge in [-0.25, -0.2) is 0 Å². The highest BCUT2D eigenvalue weighted by molar-refractivity contribution is 6.06. The van der Waals surface area contributed by atoms with Gasteiger partial charge in [0.1, 0.15) is 11.3 Å². The Balaban J connectivity index is 1.74. The highest BCUT2D eigenvalue weighted by Gasteiger charge is 2.42. The molecule has 0 saturated heterocycles. The molecule has 1 unspecified atom stereocenters. The van der Waals surface area contributed by atoms with Gasteiger partial charge < -0.3 is 19.0 Å². The van der Waals surface area contributed by atoms with Crippen LogP contribution < -0.4 is 10.2 Å². The van der Waals surface area contributed by atoms with E-state index in [1.54, 1.807) is 11.0 Å². The molecule has 6 heteroatoms. The van der Waals surface area contributed by atoms with Gasteiger partial charge >= 0.3 is 0 Å². The highest BCUT2D eigenvalue weighted by Crippen LogP contribution is 2.39. The predicted molar refractivity (Wildman–Crippen MR) is 134 cm³/mol. The van der Waals surface area contributed by atoms with Crippen molar-refractivity contribution < 1.29 is 13.9 Å². The summed E-state index contributed by atoms with van der Waals surface area (Å²) in [6, 6.07) is 18.6. The normalized spacial score (nSPS) is 15.6. The number of nitrogens with zero attached hydrogens (tertiary/aromatic N) is 2. The summed E-state index contributed by atoms with van der Waals surface area (Å²) in [7, 11) is 3.92. The minimum absolute atomic E-state index is 0.0138. The highest BCUT2D eigenvalue weighted by atomic mass is 16.5. The lowest BCUT2D eigenvalue weighted by atomic mass is 9.97. The summed E-state index contributed by atoms with van der Waals surface area (Å²) in [5.74, 6) is 0.578. The summed E-state index contributed by atoms with van der Waals surface area (Å²) in [5.41, 5.74) is 1.52. The summed E-state index contributed by atoms with van der Waals surface area (Å²) < 4.78 is 12.2. The van der Waals surface area contributed by atoms with E-state index >= 15 is 0 Å². The lowest BCUT2D eigenvalue weighted by molar-refractivity contribution is 0.0716. The van der Waals surface area contributed by atoms with Crippen molar-refractivity contribution in [2.75, 3.05) is 27.2 Å². The Labute approximate surface area is 198 Å². The van der Waals surface area contributed by atoms with Gasteiger partial charge in [-0.05, 0) is 57.1 Å². The number of carbonyl (C=O) groups excluding carboxylic acids is 1. The van der Waals surface area contributed by atoms with Crippen LogP contribution in [0.2, 0.25) is 0 Å². The van der Waals surface area contributed by atoms with Gasteiger partial charge in [-0.15, -0.1) is 0 Å². The first-order valence-corrected chi connectivity index (χ1v) is 11.6. The third-order valence-corrected chi connectivity index (χ3v) is 6.19. The first-order valence-electron chi connectivity index (χ1n) is 11.6. The maximum atomic E-state index is 13.9. The number of amides is 1. The maximum absolute atomic E-state index is 13.9. The fraction of sp³-hybridized carbons (Fsp3) is 0.286. The predicted octanol–water partition coefficient (Wildman–Crippen LogP) is 4.84. The summed E-state index contributed by atoms with van der Waals surface area (Å²) in [6.45, 7) is 5.06. The molecule has 2 heterocycles. The third kappa shape index (κ3) is 3.74. The van der Waals surface area contributed by atoms with E-state index in [-0.39, 0.29) is 23.2 Å². The van der Waals surface area contributed by atoms with Crippen molar-refractivity contribution in [2.24, 2.45) is 0 Å². The number of fused-ring (bicyclic) bond motifs is 4. The van der Waals surface area contributed by atoms with Gasteiger partial charge in [0, 0.05) is 18.5 Å². The minimum Gasteiger partial charge on any atom is -0.491 e. The van der Waals surface area contributed by atoms with E-state index in [2.05, 4.69) is 0 Å². The van der Waals surface area contributed by atoms with Crippen LogP contribution in [0.5, 0.6) is 5.75 Å². The second-order valence-corrected chi connectivity index (χ2v) is 9.28. The summed E-state index contributed by atoms with van der Waals surface area (Å²) in [6.07, 6.45) is 0.0138. The second kappa shape index (κ2) is 8.61. The van der Waals surface area contributed by atoms with E-state index in [1.807, 2.05) is 87.4 Å². The fourth-order valence-electron chi connectivity index (χ4n) is 4.66. The molecule has 0 aliphatic carbocycles. The van der Waals surface area contributed by atoms with Gasteiger partial charge in [-0.1, -0.05) is 42.5 Å². The Hall–Kier alpha value is -3.64. The van der Waals surface area contributed by atoms with Crippen molar-refractivity contribution in [3.63, 3.8) is 0 Å². The van der Waals surface area contributed by atoms with E-state index in [1.165, 1.54) is 0 Å². The number of benzene rings is 3. The molecule has 1 aliphatic rings. The van der Waals surface area contributed by atoms with Crippen molar-refractivity contribution in [2.45, 2.75) is 26.0 Å². The van der Waals surface area contributed by atoms with Gasteiger partial charge in [0.2, 0.25) is 5.76 Å². The zero-order valence-electron chi connectivity index (χ0n) is 19.9. The largest absolute Gasteiger partial charge is 0.491 e. The molecule has 3 aromatic carbocycles. The molecule has 1 amide bonds. The molecule has 5 rings (SSSR count). The number of carbonyl (C=O) groups is 1. The lowest BCUT2D eigenvalue weighted by Gasteiger charge is -2.26. The number of hydrogen-bond acceptors (Lipinski definition) is 5. The van der Waals surface area contributed by atoms with Crippen LogP contribution in [-0.2, 0) is 0 Å². The molecule has 0 bridgehead atoms. The molecule has 34 heavy (non-hydrogen) atoms. The van der Waals surface area contributed by atoms with Crippen LogP contribution in [0.25, 0.3) is 21.7 Å². The Morgan fingerprint density at radius 1 is 1.00 bits per heavy atom. The van der Waals surface area contributed by atoms with Gasteiger partial charge in [-0.3, -0.25) is 9.59 Å². The van der Waals surface area contributed by atoms with Crippen LogP contribution in [0.3, 0.4) is 0 Å². The monoisotopic (exact) mass is 456 g/mol. The third-order valence-electron chi connectivity index (χ3n) is 6.19. The van der Waals surface area contributed by atoms with E-state index in [0.717, 1.165) is 16.3 Å². The van der Waals surface area contributed by atoms with Crippen molar-refractivity contribution in [3.8, 4) is 5.75 Å². The molecule has 0 N–H and O–H groups in total. The summed E-state index contributed by atoms with van der Waals surface area (Å²) in [5, 5.41) is 2.27. The molecule has 6 nitrogen and oxygen atoms in total. The van der Waals surface area contributed by atoms with E-state index < -0.39 is 6.04 Å². The number of rotatable bonds is 6. The van der Waals surface area contributed by atoms with Crippen molar-refractivity contribution in [1.82, 2.24) is 9.80 Å². The summed E-state index contributed by atoms with van der Waals surface area (Å²) in [4.78, 5) is 31.3. The molecule has 0 radical (unpaired) electrons. The van der Waals surface area contributed by atoms with Gasteiger partial charge in [0.15, 0.2) is 5.43 Å². The molecular weight excluding hydrogens is 428 g/mol. The van der Waals surface area contributed by atoms with Gasteiger partial charge in [0.05, 0.1) is 23.1 Å². The van der Waals surface area contributed by atoms with Gasteiger partial charge in [0.25, 0.3) is 5.91 Å². The molecule has 174 valence electrons. The first-order chi connectivity index (χ1) is 16.3. The quantitative estimate of drug-likeness (QED) is 0.389. The Morgan fingerprint density at radius 2 is 1.79 bits per heavy atom. The smallest absolute Gasteiger partial charge is 0.290 e. The number of hydrogen-bond donors (Lipinski definition) is 0. The summed E-state index contributed by atoms with van der Waals surface area (Å²) >= 11 is 0. The standard InChI is InChI=1S/C28H28N2O4/c1-17(2)33-20-10-7-9-19(16-20)24-23-25(31)22-13-12-18-8-5-6-11-21(18)26(22)34-27(23)28(32)30(24)15-14-29(3)4/h5-13,16-17,24H,14-15H2,1-4H3. The zero-order valence-corrected chi connectivity index (χ0v) is 19.9. The molecule has 0 fully saturated rings. The molecular formula is C28H28N2O4. The maximum Gasteiger partial charge on any atom is 0.290 e. The second-order valence-electron chi connectivity index (χ2n) is 9.28. The molecule has 1 aromatic heterocycles. The molecule has 0 saturated carbocycles. The van der Waals surface area contributed by atoms with Crippen LogP contribution in [-0.4, -0.2) is 49.0 Å². The molecule has 0 spiro atoms.